The predicted octanol–water partition coefficient (Wildman–Crippen LogP) is 1.39. The summed E-state index contributed by atoms with van der Waals surface area (Å²) in [7, 11) is 4.17. The van der Waals surface area contributed by atoms with Crippen molar-refractivity contribution in [2.24, 2.45) is 0 Å². The van der Waals surface area contributed by atoms with Crippen molar-refractivity contribution < 1.29 is 0 Å². The summed E-state index contributed by atoms with van der Waals surface area (Å²) >= 11 is 1.83. The Hall–Kier alpha value is -0.145. The summed E-state index contributed by atoms with van der Waals surface area (Å²) in [4.78, 5) is 2.19. The summed E-state index contributed by atoms with van der Waals surface area (Å²) in [6.07, 6.45) is 4.68. The molecule has 0 aromatic rings. The highest BCUT2D eigenvalue weighted by molar-refractivity contribution is 8.27. The first-order valence-corrected chi connectivity index (χ1v) is 3.90. The van der Waals surface area contributed by atoms with E-state index in [1.807, 2.05) is 11.6 Å². The van der Waals surface area contributed by atoms with Crippen molar-refractivity contribution in [1.29, 1.82) is 0 Å². The van der Waals surface area contributed by atoms with E-state index >= 15 is 0 Å². The standard InChI is InChI=1S/C6H10BNS/c1-8(2)7-5-3-4-6-9-7/h3-6H,1-2H3. The fraction of sp³-hybridized carbons (Fsp3) is 0.333. The van der Waals surface area contributed by atoms with Crippen molar-refractivity contribution in [3.05, 3.63) is 23.5 Å². The van der Waals surface area contributed by atoms with Gasteiger partial charge in [-0.15, -0.1) is 0 Å². The van der Waals surface area contributed by atoms with Gasteiger partial charge in [0.2, 0.25) is 0 Å². The molecule has 1 nitrogen and oxygen atoms in total. The smallest absolute Gasteiger partial charge is 0.322 e. The van der Waals surface area contributed by atoms with Gasteiger partial charge in [0.1, 0.15) is 0 Å². The lowest BCUT2D eigenvalue weighted by Crippen LogP contribution is -2.27. The minimum Gasteiger partial charge on any atom is -0.335 e. The highest BCUT2D eigenvalue weighted by Crippen LogP contribution is 2.15. The van der Waals surface area contributed by atoms with Crippen LogP contribution < -0.4 is 0 Å². The Bertz CT molecular complexity index is 142. The van der Waals surface area contributed by atoms with Crippen LogP contribution in [0.1, 0.15) is 0 Å². The van der Waals surface area contributed by atoms with E-state index in [4.69, 9.17) is 0 Å². The van der Waals surface area contributed by atoms with Gasteiger partial charge in [0.05, 0.1) is 0 Å². The fourth-order valence-electron chi connectivity index (χ4n) is 0.670. The summed E-state index contributed by atoms with van der Waals surface area (Å²) in [6, 6.07) is 0. The zero-order chi connectivity index (χ0) is 6.69. The fourth-order valence-corrected chi connectivity index (χ4v) is 1.44. The second kappa shape index (κ2) is 3.13. The van der Waals surface area contributed by atoms with Gasteiger partial charge in [-0.05, 0) is 19.5 Å². The lowest BCUT2D eigenvalue weighted by atomic mass is 9.89. The maximum absolute atomic E-state index is 2.19. The molecule has 1 rings (SSSR count). The van der Waals surface area contributed by atoms with Crippen LogP contribution in [0.15, 0.2) is 23.5 Å². The van der Waals surface area contributed by atoms with E-state index in [1.54, 1.807) is 0 Å². The van der Waals surface area contributed by atoms with Crippen molar-refractivity contribution in [1.82, 2.24) is 4.81 Å². The molecule has 0 N–H and O–H groups in total. The van der Waals surface area contributed by atoms with Crippen molar-refractivity contribution in [3.63, 3.8) is 0 Å². The van der Waals surface area contributed by atoms with Crippen molar-refractivity contribution in [3.8, 4) is 0 Å². The first kappa shape index (κ1) is 6.97. The van der Waals surface area contributed by atoms with Gasteiger partial charge in [0.25, 0.3) is 0 Å². The molecule has 0 aliphatic carbocycles. The predicted molar refractivity (Wildman–Crippen MR) is 45.3 cm³/mol. The molecule has 0 aromatic carbocycles. The molecule has 0 fully saturated rings. The van der Waals surface area contributed by atoms with E-state index in [0.717, 1.165) is 0 Å². The molecule has 48 valence electrons. The molecule has 0 aromatic heterocycles. The molecule has 0 bridgehead atoms. The van der Waals surface area contributed by atoms with Gasteiger partial charge in [-0.25, -0.2) is 0 Å². The second-order valence-corrected chi connectivity index (χ2v) is 3.23. The SMILES string of the molecule is CN(C)B1C=CC=CS1. The van der Waals surface area contributed by atoms with E-state index in [0.29, 0.717) is 6.13 Å². The molecule has 3 heteroatoms. The number of hydrogen-bond donors (Lipinski definition) is 0. The molecule has 0 unspecified atom stereocenters. The third-order valence-electron chi connectivity index (χ3n) is 1.19. The number of hydrogen-bond acceptors (Lipinski definition) is 2. The van der Waals surface area contributed by atoms with Crippen LogP contribution in [0.4, 0.5) is 0 Å². The Labute approximate surface area is 60.8 Å². The van der Waals surface area contributed by atoms with E-state index in [2.05, 4.69) is 42.4 Å². The summed E-state index contributed by atoms with van der Waals surface area (Å²) in [5, 5.41) is 2.12. The average molecular weight is 139 g/mol. The molecule has 1 heterocycles. The number of allylic oxidation sites excluding steroid dienone is 2. The van der Waals surface area contributed by atoms with Gasteiger partial charge in [0, 0.05) is 0 Å². The van der Waals surface area contributed by atoms with E-state index in [-0.39, 0.29) is 0 Å². The maximum atomic E-state index is 2.19. The lowest BCUT2D eigenvalue weighted by Gasteiger charge is -2.15. The molecule has 0 saturated carbocycles. The minimum absolute atomic E-state index is 0.537. The van der Waals surface area contributed by atoms with Crippen LogP contribution in [0.25, 0.3) is 0 Å². The third-order valence-corrected chi connectivity index (χ3v) is 2.36. The molecule has 1 aliphatic rings. The molecule has 0 spiro atoms. The Kier molecular flexibility index (Phi) is 2.43. The maximum Gasteiger partial charge on any atom is 0.322 e. The first-order valence-electron chi connectivity index (χ1n) is 2.96. The Morgan fingerprint density at radius 2 is 2.11 bits per heavy atom. The topological polar surface area (TPSA) is 3.24 Å². The van der Waals surface area contributed by atoms with Crippen molar-refractivity contribution >= 4 is 17.7 Å². The summed E-state index contributed by atoms with van der Waals surface area (Å²) in [5.41, 5.74) is 0. The molecular formula is C6H10BNS. The zero-order valence-corrected chi connectivity index (χ0v) is 6.56. The monoisotopic (exact) mass is 139 g/mol. The zero-order valence-electron chi connectivity index (χ0n) is 5.74. The average Bonchev–Trinajstić information content (AvgIpc) is 1.90. The van der Waals surface area contributed by atoms with Crippen LogP contribution in [-0.2, 0) is 0 Å². The van der Waals surface area contributed by atoms with Crippen molar-refractivity contribution in [2.75, 3.05) is 14.1 Å². The quantitative estimate of drug-likeness (QED) is 0.505. The van der Waals surface area contributed by atoms with E-state index in [9.17, 15) is 0 Å². The van der Waals surface area contributed by atoms with Crippen molar-refractivity contribution in [2.45, 2.75) is 0 Å². The number of nitrogens with zero attached hydrogens (tertiary/aromatic N) is 1. The van der Waals surface area contributed by atoms with Crippen LogP contribution in [0.3, 0.4) is 0 Å². The Balaban J connectivity index is 2.46. The normalized spacial score (nSPS) is 17.4. The summed E-state index contributed by atoms with van der Waals surface area (Å²) < 4.78 is 0. The molecule has 0 saturated heterocycles. The minimum atomic E-state index is 0.537. The molecule has 1 aliphatic heterocycles. The first-order chi connectivity index (χ1) is 4.30. The highest BCUT2D eigenvalue weighted by atomic mass is 32.2. The van der Waals surface area contributed by atoms with Crippen LogP contribution >= 0.6 is 11.6 Å². The summed E-state index contributed by atoms with van der Waals surface area (Å²) in [5.74, 6) is 2.19. The molecule has 0 atom stereocenters. The Morgan fingerprint density at radius 3 is 2.44 bits per heavy atom. The van der Waals surface area contributed by atoms with Gasteiger partial charge < -0.3 is 4.81 Å². The highest BCUT2D eigenvalue weighted by Gasteiger charge is 2.12. The van der Waals surface area contributed by atoms with Gasteiger partial charge in [0.15, 0.2) is 0 Å². The van der Waals surface area contributed by atoms with Crippen LogP contribution in [0.5, 0.6) is 0 Å². The van der Waals surface area contributed by atoms with E-state index in [1.165, 1.54) is 0 Å². The van der Waals surface area contributed by atoms with E-state index < -0.39 is 0 Å². The van der Waals surface area contributed by atoms with Gasteiger partial charge >= 0.3 is 6.13 Å². The lowest BCUT2D eigenvalue weighted by molar-refractivity contribution is 0.663. The second-order valence-electron chi connectivity index (χ2n) is 2.20. The number of rotatable bonds is 1. The van der Waals surface area contributed by atoms with Crippen LogP contribution in [-0.4, -0.2) is 25.0 Å². The molecular weight excluding hydrogens is 129 g/mol. The summed E-state index contributed by atoms with van der Waals surface area (Å²) in [6.45, 7) is 0. The molecule has 0 radical (unpaired) electrons. The van der Waals surface area contributed by atoms with Crippen LogP contribution in [0.2, 0.25) is 0 Å². The van der Waals surface area contributed by atoms with Gasteiger partial charge in [-0.2, -0.15) is 11.6 Å². The Morgan fingerprint density at radius 1 is 1.33 bits per heavy atom. The van der Waals surface area contributed by atoms with Gasteiger partial charge in [-0.1, -0.05) is 18.1 Å². The van der Waals surface area contributed by atoms with Gasteiger partial charge in [-0.3, -0.25) is 0 Å². The largest absolute Gasteiger partial charge is 0.335 e. The molecule has 0 amide bonds. The van der Waals surface area contributed by atoms with Crippen LogP contribution in [0, 0.1) is 0 Å². The third kappa shape index (κ3) is 1.92. The molecule has 9 heavy (non-hydrogen) atoms.